The Morgan fingerprint density at radius 1 is 0.614 bits per heavy atom. The zero-order valence-electron chi connectivity index (χ0n) is 33.4. The Balaban J connectivity index is 0.000000174. The van der Waals surface area contributed by atoms with E-state index in [4.69, 9.17) is 18.9 Å². The fraction of sp³-hybridized carbons (Fsp3) is 0.349. The van der Waals surface area contributed by atoms with Crippen molar-refractivity contribution in [3.63, 3.8) is 0 Å². The van der Waals surface area contributed by atoms with Crippen molar-refractivity contribution in [2.45, 2.75) is 19.9 Å². The van der Waals surface area contributed by atoms with E-state index >= 15 is 0 Å². The SMILES string of the molecule is CCN1CCN(c2ccc3nc(-c4ccc(OC)c(OC)c4)cc(=O)n3c2)CC1.COc1ccc(-c2cc(=O)n3cc(N4CCN[C@H](C)C4)ccc3n2)cc1OC. The number of ether oxygens (including phenoxy) is 4. The number of pyridine rings is 2. The van der Waals surface area contributed by atoms with Crippen LogP contribution in [0.25, 0.3) is 33.8 Å². The van der Waals surface area contributed by atoms with Crippen LogP contribution in [0.1, 0.15) is 13.8 Å². The van der Waals surface area contributed by atoms with Crippen molar-refractivity contribution in [1.29, 1.82) is 0 Å². The number of rotatable bonds is 9. The van der Waals surface area contributed by atoms with Crippen LogP contribution < -0.4 is 45.2 Å². The summed E-state index contributed by atoms with van der Waals surface area (Å²) in [4.78, 5) is 42.0. The molecule has 0 amide bonds. The van der Waals surface area contributed by atoms with E-state index in [0.29, 0.717) is 51.7 Å². The normalized spacial score (nSPS) is 15.9. The summed E-state index contributed by atoms with van der Waals surface area (Å²) in [5, 5.41) is 3.43. The lowest BCUT2D eigenvalue weighted by Crippen LogP contribution is -2.49. The first-order valence-corrected chi connectivity index (χ1v) is 19.2. The quantitative estimate of drug-likeness (QED) is 0.219. The molecule has 298 valence electrons. The van der Waals surface area contributed by atoms with Gasteiger partial charge in [0.2, 0.25) is 0 Å². The highest BCUT2D eigenvalue weighted by Gasteiger charge is 2.19. The van der Waals surface area contributed by atoms with Crippen molar-refractivity contribution in [3.05, 3.63) is 106 Å². The predicted octanol–water partition coefficient (Wildman–Crippen LogP) is 4.70. The Labute approximate surface area is 331 Å². The predicted molar refractivity (Wildman–Crippen MR) is 224 cm³/mol. The smallest absolute Gasteiger partial charge is 0.258 e. The first-order chi connectivity index (χ1) is 27.7. The maximum atomic E-state index is 12.8. The average Bonchev–Trinajstić information content (AvgIpc) is 3.25. The number of methoxy groups -OCH3 is 4. The summed E-state index contributed by atoms with van der Waals surface area (Å²) in [5.41, 5.74) is 5.93. The van der Waals surface area contributed by atoms with Crippen molar-refractivity contribution in [2.75, 3.05) is 90.6 Å². The van der Waals surface area contributed by atoms with Gasteiger partial charge in [-0.15, -0.1) is 0 Å². The van der Waals surface area contributed by atoms with Crippen molar-refractivity contribution in [2.24, 2.45) is 0 Å². The van der Waals surface area contributed by atoms with E-state index in [2.05, 4.69) is 43.8 Å². The molecule has 2 aliphatic heterocycles. The van der Waals surface area contributed by atoms with Gasteiger partial charge in [0, 0.05) is 87.5 Å². The number of anilines is 2. The van der Waals surface area contributed by atoms with Gasteiger partial charge in [0.05, 0.1) is 51.2 Å². The Hall–Kier alpha value is -6.12. The third-order valence-electron chi connectivity index (χ3n) is 10.6. The summed E-state index contributed by atoms with van der Waals surface area (Å²) in [6, 6.07) is 22.4. The molecule has 1 N–H and O–H groups in total. The molecule has 2 fully saturated rings. The lowest BCUT2D eigenvalue weighted by Gasteiger charge is -2.35. The average molecular weight is 775 g/mol. The standard InChI is InChI=1S/C22H26N4O3.C21H24N4O3/c1-4-24-9-11-25(12-10-24)17-6-8-21-23-18(14-22(27)26(21)15-17)16-5-7-19(28-2)20(13-16)29-3;1-14-12-24(9-8-22-14)16-5-7-20-23-17(11-21(26)25(20)13-16)15-4-6-18(27-2)19(10-15)28-3/h5-8,13-15H,4,9-12H2,1-3H3;4-7,10-11,13-14,22H,8-9,12H2,1-3H3/t;14-/m.1/s1. The zero-order valence-corrected chi connectivity index (χ0v) is 33.4. The molecule has 6 heterocycles. The van der Waals surface area contributed by atoms with Crippen LogP contribution in [0.3, 0.4) is 0 Å². The highest BCUT2D eigenvalue weighted by atomic mass is 16.5. The topological polar surface area (TPSA) is 127 Å². The number of hydrogen-bond donors (Lipinski definition) is 1. The Kier molecular flexibility index (Phi) is 11.9. The lowest BCUT2D eigenvalue weighted by molar-refractivity contribution is 0.271. The van der Waals surface area contributed by atoms with Gasteiger partial charge in [-0.05, 0) is 74.1 Å². The Bertz CT molecular complexity index is 2480. The maximum absolute atomic E-state index is 12.8. The molecule has 4 aromatic heterocycles. The molecule has 57 heavy (non-hydrogen) atoms. The van der Waals surface area contributed by atoms with Crippen LogP contribution in [0, 0.1) is 0 Å². The molecule has 14 nitrogen and oxygen atoms in total. The molecular weight excluding hydrogens is 725 g/mol. The fourth-order valence-corrected chi connectivity index (χ4v) is 7.33. The molecule has 14 heteroatoms. The number of likely N-dealkylation sites (N-methyl/N-ethyl adjacent to an activating group) is 1. The van der Waals surface area contributed by atoms with E-state index in [1.54, 1.807) is 49.4 Å². The first-order valence-electron chi connectivity index (χ1n) is 19.2. The zero-order chi connectivity index (χ0) is 40.1. The van der Waals surface area contributed by atoms with Gasteiger partial charge in [-0.3, -0.25) is 18.4 Å². The van der Waals surface area contributed by atoms with E-state index in [9.17, 15) is 9.59 Å². The molecule has 0 spiro atoms. The van der Waals surface area contributed by atoms with Crippen LogP contribution in [0.15, 0.2) is 94.8 Å². The molecule has 0 unspecified atom stereocenters. The molecular formula is C43H50N8O6. The van der Waals surface area contributed by atoms with Gasteiger partial charge in [-0.2, -0.15) is 0 Å². The molecule has 0 radical (unpaired) electrons. The van der Waals surface area contributed by atoms with E-state index in [0.717, 1.165) is 74.9 Å². The summed E-state index contributed by atoms with van der Waals surface area (Å²) in [7, 11) is 6.36. The number of aromatic nitrogens is 4. The third-order valence-corrected chi connectivity index (χ3v) is 10.6. The number of fused-ring (bicyclic) bond motifs is 2. The van der Waals surface area contributed by atoms with E-state index < -0.39 is 0 Å². The monoisotopic (exact) mass is 774 g/mol. The number of hydrogen-bond acceptors (Lipinski definition) is 12. The molecule has 0 saturated carbocycles. The summed E-state index contributed by atoms with van der Waals surface area (Å²) < 4.78 is 24.5. The van der Waals surface area contributed by atoms with Crippen LogP contribution in [-0.2, 0) is 0 Å². The molecule has 6 aromatic rings. The third kappa shape index (κ3) is 8.52. The first kappa shape index (κ1) is 39.1. The van der Waals surface area contributed by atoms with E-state index in [1.165, 1.54) is 0 Å². The van der Waals surface area contributed by atoms with Crippen molar-refractivity contribution < 1.29 is 18.9 Å². The minimum Gasteiger partial charge on any atom is -0.493 e. The number of benzene rings is 2. The Morgan fingerprint density at radius 3 is 1.56 bits per heavy atom. The van der Waals surface area contributed by atoms with Crippen LogP contribution in [0.4, 0.5) is 11.4 Å². The summed E-state index contributed by atoms with van der Waals surface area (Å²) in [5.74, 6) is 2.49. The van der Waals surface area contributed by atoms with Crippen LogP contribution in [-0.4, -0.2) is 111 Å². The Morgan fingerprint density at radius 2 is 1.11 bits per heavy atom. The second-order valence-corrected chi connectivity index (χ2v) is 14.1. The number of piperazine rings is 2. The van der Waals surface area contributed by atoms with Crippen molar-refractivity contribution in [3.8, 4) is 45.5 Å². The molecule has 8 rings (SSSR count). The second kappa shape index (κ2) is 17.3. The van der Waals surface area contributed by atoms with Crippen LogP contribution >= 0.6 is 0 Å². The van der Waals surface area contributed by atoms with E-state index in [-0.39, 0.29) is 11.1 Å². The molecule has 2 aromatic carbocycles. The minimum absolute atomic E-state index is 0.103. The van der Waals surface area contributed by atoms with Gasteiger partial charge < -0.3 is 39.0 Å². The minimum atomic E-state index is -0.111. The van der Waals surface area contributed by atoms with Gasteiger partial charge >= 0.3 is 0 Å². The summed E-state index contributed by atoms with van der Waals surface area (Å²) in [6.45, 7) is 12.2. The van der Waals surface area contributed by atoms with Gasteiger partial charge in [0.15, 0.2) is 23.0 Å². The highest BCUT2D eigenvalue weighted by Crippen LogP contribution is 2.33. The lowest BCUT2D eigenvalue weighted by atomic mass is 10.1. The largest absolute Gasteiger partial charge is 0.493 e. The summed E-state index contributed by atoms with van der Waals surface area (Å²) >= 11 is 0. The molecule has 0 bridgehead atoms. The van der Waals surface area contributed by atoms with Gasteiger partial charge in [-0.1, -0.05) is 6.92 Å². The molecule has 2 saturated heterocycles. The number of nitrogens with zero attached hydrogens (tertiary/aromatic N) is 7. The van der Waals surface area contributed by atoms with E-state index in [1.807, 2.05) is 73.1 Å². The second-order valence-electron chi connectivity index (χ2n) is 14.1. The van der Waals surface area contributed by atoms with Gasteiger partial charge in [0.1, 0.15) is 11.3 Å². The van der Waals surface area contributed by atoms with Crippen LogP contribution in [0.2, 0.25) is 0 Å². The van der Waals surface area contributed by atoms with Crippen molar-refractivity contribution >= 4 is 22.7 Å². The van der Waals surface area contributed by atoms with Gasteiger partial charge in [-0.25, -0.2) is 9.97 Å². The van der Waals surface area contributed by atoms with Crippen molar-refractivity contribution in [1.82, 2.24) is 29.0 Å². The molecule has 1 atom stereocenters. The molecule has 2 aliphatic rings. The summed E-state index contributed by atoms with van der Waals surface area (Å²) in [6.07, 6.45) is 3.77. The van der Waals surface area contributed by atoms with Gasteiger partial charge in [0.25, 0.3) is 11.1 Å². The fourth-order valence-electron chi connectivity index (χ4n) is 7.33. The van der Waals surface area contributed by atoms with Crippen LogP contribution in [0.5, 0.6) is 23.0 Å². The maximum Gasteiger partial charge on any atom is 0.258 e. The molecule has 0 aliphatic carbocycles. The number of nitrogens with one attached hydrogen (secondary N) is 1. The highest BCUT2D eigenvalue weighted by molar-refractivity contribution is 5.67.